The summed E-state index contributed by atoms with van der Waals surface area (Å²) in [4.78, 5) is 18.2. The molecular weight excluding hydrogens is 350 g/mol. The first-order chi connectivity index (χ1) is 13.6. The molecule has 0 unspecified atom stereocenters. The number of carbonyl (C=O) groups is 1. The van der Waals surface area contributed by atoms with Gasteiger partial charge in [0.2, 0.25) is 5.91 Å². The first kappa shape index (κ1) is 18.6. The standard InChI is InChI=1S/C22H27N5O/c1-16-6-3-4-7-18(16)14-26-12-9-19(15-26)21-20-8-5-10-24-22(20)27(25-21)13-11-23-17(2)28/h3-8,10,19H,9,11-15H2,1-2H3,(H,23,28)/t19-/m0/s1. The molecule has 1 amide bonds. The van der Waals surface area contributed by atoms with Crippen molar-refractivity contribution in [1.82, 2.24) is 25.0 Å². The number of hydrogen-bond acceptors (Lipinski definition) is 4. The van der Waals surface area contributed by atoms with Crippen molar-refractivity contribution >= 4 is 16.9 Å². The predicted octanol–water partition coefficient (Wildman–Crippen LogP) is 2.87. The zero-order valence-corrected chi connectivity index (χ0v) is 16.6. The molecule has 6 nitrogen and oxygen atoms in total. The molecule has 4 rings (SSSR count). The van der Waals surface area contributed by atoms with Gasteiger partial charge >= 0.3 is 0 Å². The fourth-order valence-corrected chi connectivity index (χ4v) is 4.06. The van der Waals surface area contributed by atoms with Crippen LogP contribution in [-0.4, -0.2) is 45.2 Å². The van der Waals surface area contributed by atoms with Crippen molar-refractivity contribution in [2.45, 2.75) is 39.3 Å². The monoisotopic (exact) mass is 377 g/mol. The van der Waals surface area contributed by atoms with Gasteiger partial charge in [0.05, 0.1) is 12.2 Å². The molecule has 1 fully saturated rings. The summed E-state index contributed by atoms with van der Waals surface area (Å²) in [5.41, 5.74) is 4.79. The Labute approximate surface area is 165 Å². The van der Waals surface area contributed by atoms with Gasteiger partial charge in [-0.2, -0.15) is 5.10 Å². The van der Waals surface area contributed by atoms with E-state index in [9.17, 15) is 4.79 Å². The van der Waals surface area contributed by atoms with Crippen LogP contribution in [-0.2, 0) is 17.9 Å². The molecule has 6 heteroatoms. The Kier molecular flexibility index (Phi) is 5.39. The van der Waals surface area contributed by atoms with Gasteiger partial charge in [-0.3, -0.25) is 9.69 Å². The molecule has 1 saturated heterocycles. The number of aryl methyl sites for hydroxylation is 1. The number of likely N-dealkylation sites (tertiary alicyclic amines) is 1. The number of rotatable bonds is 6. The van der Waals surface area contributed by atoms with Crippen LogP contribution in [0.4, 0.5) is 0 Å². The van der Waals surface area contributed by atoms with Crippen molar-refractivity contribution in [2.75, 3.05) is 19.6 Å². The van der Waals surface area contributed by atoms with Crippen molar-refractivity contribution in [3.63, 3.8) is 0 Å². The number of hydrogen-bond donors (Lipinski definition) is 1. The second-order valence-corrected chi connectivity index (χ2v) is 7.61. The first-order valence-electron chi connectivity index (χ1n) is 9.94. The summed E-state index contributed by atoms with van der Waals surface area (Å²) in [6.45, 7) is 7.99. The average Bonchev–Trinajstić information content (AvgIpc) is 3.28. The lowest BCUT2D eigenvalue weighted by atomic mass is 10.0. The minimum absolute atomic E-state index is 0.0210. The van der Waals surface area contributed by atoms with Crippen LogP contribution in [0.1, 0.15) is 36.1 Å². The van der Waals surface area contributed by atoms with E-state index in [4.69, 9.17) is 5.10 Å². The maximum Gasteiger partial charge on any atom is 0.216 e. The Hall–Kier alpha value is -2.73. The van der Waals surface area contributed by atoms with E-state index in [1.807, 2.05) is 16.9 Å². The number of benzene rings is 1. The van der Waals surface area contributed by atoms with E-state index in [0.717, 1.165) is 42.8 Å². The molecule has 0 bridgehead atoms. The van der Waals surface area contributed by atoms with Crippen LogP contribution in [0.25, 0.3) is 11.0 Å². The highest BCUT2D eigenvalue weighted by atomic mass is 16.1. The Bertz CT molecular complexity index is 980. The third kappa shape index (κ3) is 3.92. The number of carbonyl (C=O) groups excluding carboxylic acids is 1. The van der Waals surface area contributed by atoms with Crippen LogP contribution in [0.5, 0.6) is 0 Å². The quantitative estimate of drug-likeness (QED) is 0.717. The number of amides is 1. The first-order valence-corrected chi connectivity index (χ1v) is 9.94. The normalized spacial score (nSPS) is 17.3. The Morgan fingerprint density at radius 3 is 2.93 bits per heavy atom. The molecule has 28 heavy (non-hydrogen) atoms. The maximum absolute atomic E-state index is 11.2. The Balaban J connectivity index is 1.51. The third-order valence-electron chi connectivity index (χ3n) is 5.55. The summed E-state index contributed by atoms with van der Waals surface area (Å²) in [7, 11) is 0. The second kappa shape index (κ2) is 8.10. The number of nitrogens with one attached hydrogen (secondary N) is 1. The molecule has 0 saturated carbocycles. The lowest BCUT2D eigenvalue weighted by Crippen LogP contribution is -2.25. The van der Waals surface area contributed by atoms with Crippen LogP contribution in [0.3, 0.4) is 0 Å². The Morgan fingerprint density at radius 1 is 1.25 bits per heavy atom. The molecule has 146 valence electrons. The van der Waals surface area contributed by atoms with Gasteiger partial charge in [-0.1, -0.05) is 24.3 Å². The van der Waals surface area contributed by atoms with Crippen LogP contribution < -0.4 is 5.32 Å². The fraction of sp³-hybridized carbons (Fsp3) is 0.409. The van der Waals surface area contributed by atoms with E-state index >= 15 is 0 Å². The minimum atomic E-state index is -0.0210. The predicted molar refractivity (Wildman–Crippen MR) is 110 cm³/mol. The molecule has 3 heterocycles. The number of aromatic nitrogens is 3. The van der Waals surface area contributed by atoms with Crippen LogP contribution in [0.2, 0.25) is 0 Å². The highest BCUT2D eigenvalue weighted by Gasteiger charge is 2.28. The van der Waals surface area contributed by atoms with E-state index in [-0.39, 0.29) is 5.91 Å². The molecule has 0 radical (unpaired) electrons. The molecule has 0 spiro atoms. The van der Waals surface area contributed by atoms with Crippen LogP contribution in [0.15, 0.2) is 42.6 Å². The maximum atomic E-state index is 11.2. The van der Waals surface area contributed by atoms with Gasteiger partial charge in [-0.15, -0.1) is 0 Å². The van der Waals surface area contributed by atoms with Gasteiger partial charge in [-0.25, -0.2) is 9.67 Å². The van der Waals surface area contributed by atoms with Gasteiger partial charge in [-0.05, 0) is 43.1 Å². The summed E-state index contributed by atoms with van der Waals surface area (Å²) >= 11 is 0. The topological polar surface area (TPSA) is 63.1 Å². The zero-order chi connectivity index (χ0) is 19.5. The summed E-state index contributed by atoms with van der Waals surface area (Å²) in [6.07, 6.45) is 2.92. The summed E-state index contributed by atoms with van der Waals surface area (Å²) in [5.74, 6) is 0.394. The minimum Gasteiger partial charge on any atom is -0.354 e. The smallest absolute Gasteiger partial charge is 0.216 e. The third-order valence-corrected chi connectivity index (χ3v) is 5.55. The number of nitrogens with zero attached hydrogens (tertiary/aromatic N) is 4. The van der Waals surface area contributed by atoms with Crippen molar-refractivity contribution in [2.24, 2.45) is 0 Å². The van der Waals surface area contributed by atoms with Crippen molar-refractivity contribution < 1.29 is 4.79 Å². The molecule has 1 atom stereocenters. The van der Waals surface area contributed by atoms with Crippen molar-refractivity contribution in [3.05, 3.63) is 59.4 Å². The molecule has 1 aromatic carbocycles. The second-order valence-electron chi connectivity index (χ2n) is 7.61. The largest absolute Gasteiger partial charge is 0.354 e. The highest BCUT2D eigenvalue weighted by molar-refractivity contribution is 5.79. The van der Waals surface area contributed by atoms with Gasteiger partial charge in [0.25, 0.3) is 0 Å². The van der Waals surface area contributed by atoms with Gasteiger partial charge in [0.15, 0.2) is 5.65 Å². The zero-order valence-electron chi connectivity index (χ0n) is 16.6. The fourth-order valence-electron chi connectivity index (χ4n) is 4.06. The lowest BCUT2D eigenvalue weighted by Gasteiger charge is -2.17. The molecular formula is C22H27N5O. The molecule has 2 aromatic heterocycles. The molecule has 1 N–H and O–H groups in total. The molecule has 3 aromatic rings. The van der Waals surface area contributed by atoms with Crippen LogP contribution in [0, 0.1) is 6.92 Å². The van der Waals surface area contributed by atoms with Crippen molar-refractivity contribution in [1.29, 1.82) is 0 Å². The van der Waals surface area contributed by atoms with E-state index < -0.39 is 0 Å². The van der Waals surface area contributed by atoms with E-state index in [1.165, 1.54) is 18.1 Å². The molecule has 1 aliphatic heterocycles. The summed E-state index contributed by atoms with van der Waals surface area (Å²) in [6, 6.07) is 12.7. The van der Waals surface area contributed by atoms with Crippen molar-refractivity contribution in [3.8, 4) is 0 Å². The summed E-state index contributed by atoms with van der Waals surface area (Å²) in [5, 5.41) is 8.88. The summed E-state index contributed by atoms with van der Waals surface area (Å²) < 4.78 is 1.94. The van der Waals surface area contributed by atoms with Gasteiger partial charge < -0.3 is 5.32 Å². The molecule has 0 aliphatic carbocycles. The average molecular weight is 377 g/mol. The highest BCUT2D eigenvalue weighted by Crippen LogP contribution is 2.32. The van der Waals surface area contributed by atoms with Gasteiger partial charge in [0.1, 0.15) is 0 Å². The van der Waals surface area contributed by atoms with E-state index in [2.05, 4.69) is 52.5 Å². The van der Waals surface area contributed by atoms with E-state index in [0.29, 0.717) is 19.0 Å². The SMILES string of the molecule is CC(=O)NCCn1nc([C@H]2CCN(Cc3ccccc3C)C2)c2cccnc21. The molecule has 1 aliphatic rings. The Morgan fingerprint density at radius 2 is 2.11 bits per heavy atom. The van der Waals surface area contributed by atoms with Crippen LogP contribution >= 0.6 is 0 Å². The lowest BCUT2D eigenvalue weighted by molar-refractivity contribution is -0.118. The number of fused-ring (bicyclic) bond motifs is 1. The van der Waals surface area contributed by atoms with Gasteiger partial charge in [0, 0.05) is 44.1 Å². The number of pyridine rings is 1. The van der Waals surface area contributed by atoms with E-state index in [1.54, 1.807) is 0 Å².